The van der Waals surface area contributed by atoms with Crippen LogP contribution in [0.5, 0.6) is 5.88 Å². The molecule has 5 nitrogen and oxygen atoms in total. The third-order valence-electron chi connectivity index (χ3n) is 3.58. The van der Waals surface area contributed by atoms with Gasteiger partial charge in [0.1, 0.15) is 5.65 Å². The lowest BCUT2D eigenvalue weighted by Gasteiger charge is -2.21. The number of hydrogen-bond acceptors (Lipinski definition) is 3. The van der Waals surface area contributed by atoms with Crippen LogP contribution in [0.15, 0.2) is 17.1 Å². The maximum absolute atomic E-state index is 12.0. The Labute approximate surface area is 98.1 Å². The maximum Gasteiger partial charge on any atom is 0.258 e. The normalized spacial score (nSPS) is 17.6. The van der Waals surface area contributed by atoms with Crippen LogP contribution < -0.4 is 5.56 Å². The van der Waals surface area contributed by atoms with Crippen molar-refractivity contribution in [1.82, 2.24) is 14.6 Å². The van der Waals surface area contributed by atoms with Crippen LogP contribution in [-0.2, 0) is 0 Å². The molecular weight excluding hydrogens is 218 g/mol. The van der Waals surface area contributed by atoms with E-state index in [4.69, 9.17) is 0 Å². The first kappa shape index (κ1) is 10.4. The van der Waals surface area contributed by atoms with E-state index in [-0.39, 0.29) is 17.4 Å². The van der Waals surface area contributed by atoms with E-state index in [0.717, 1.165) is 25.7 Å². The molecule has 1 saturated carbocycles. The molecule has 0 aliphatic heterocycles. The molecule has 1 aliphatic carbocycles. The highest BCUT2D eigenvalue weighted by Gasteiger charge is 2.23. The second kappa shape index (κ2) is 3.91. The molecule has 1 fully saturated rings. The number of aromatic hydroxyl groups is 1. The summed E-state index contributed by atoms with van der Waals surface area (Å²) in [4.78, 5) is 14.8. The van der Waals surface area contributed by atoms with Crippen molar-refractivity contribution in [1.29, 1.82) is 0 Å². The van der Waals surface area contributed by atoms with Gasteiger partial charge >= 0.3 is 0 Å². The molecule has 2 heterocycles. The van der Waals surface area contributed by atoms with Gasteiger partial charge in [-0.1, -0.05) is 19.3 Å². The summed E-state index contributed by atoms with van der Waals surface area (Å²) in [7, 11) is 0. The van der Waals surface area contributed by atoms with Crippen LogP contribution in [0.25, 0.3) is 5.65 Å². The Balaban J connectivity index is 2.17. The van der Waals surface area contributed by atoms with E-state index in [0.29, 0.717) is 11.2 Å². The van der Waals surface area contributed by atoms with Crippen LogP contribution in [-0.4, -0.2) is 19.7 Å². The number of aromatic nitrogens is 3. The lowest BCUT2D eigenvalue weighted by atomic mass is 9.85. The summed E-state index contributed by atoms with van der Waals surface area (Å²) < 4.78 is 1.39. The lowest BCUT2D eigenvalue weighted by Crippen LogP contribution is -2.20. The van der Waals surface area contributed by atoms with Gasteiger partial charge < -0.3 is 10.1 Å². The van der Waals surface area contributed by atoms with Gasteiger partial charge in [0.25, 0.3) is 5.56 Å². The average molecular weight is 233 g/mol. The molecule has 2 aromatic heterocycles. The molecule has 1 aliphatic rings. The summed E-state index contributed by atoms with van der Waals surface area (Å²) >= 11 is 0. The van der Waals surface area contributed by atoms with E-state index in [1.807, 2.05) is 0 Å². The zero-order chi connectivity index (χ0) is 11.8. The number of hydrogen-bond donors (Lipinski definition) is 2. The molecule has 0 spiro atoms. The number of aromatic amines is 1. The third kappa shape index (κ3) is 1.62. The van der Waals surface area contributed by atoms with E-state index < -0.39 is 0 Å². The molecule has 0 amide bonds. The van der Waals surface area contributed by atoms with Crippen molar-refractivity contribution in [2.75, 3.05) is 0 Å². The van der Waals surface area contributed by atoms with Crippen molar-refractivity contribution in [3.63, 3.8) is 0 Å². The second-order valence-corrected chi connectivity index (χ2v) is 4.65. The number of nitrogens with zero attached hydrogens (tertiary/aromatic N) is 2. The summed E-state index contributed by atoms with van der Waals surface area (Å²) in [5, 5.41) is 14.2. The van der Waals surface area contributed by atoms with E-state index in [1.54, 1.807) is 12.3 Å². The topological polar surface area (TPSA) is 70.4 Å². The van der Waals surface area contributed by atoms with Gasteiger partial charge in [-0.25, -0.2) is 0 Å². The van der Waals surface area contributed by atoms with Crippen LogP contribution in [0.3, 0.4) is 0 Å². The summed E-state index contributed by atoms with van der Waals surface area (Å²) in [5.74, 6) is 0.168. The number of fused-ring (bicyclic) bond motifs is 1. The van der Waals surface area contributed by atoms with E-state index >= 15 is 0 Å². The minimum atomic E-state index is -0.178. The predicted molar refractivity (Wildman–Crippen MR) is 63.3 cm³/mol. The zero-order valence-corrected chi connectivity index (χ0v) is 9.52. The highest BCUT2D eigenvalue weighted by Crippen LogP contribution is 2.34. The number of rotatable bonds is 1. The predicted octanol–water partition coefficient (Wildman–Crippen LogP) is 1.78. The van der Waals surface area contributed by atoms with Crippen molar-refractivity contribution in [2.24, 2.45) is 0 Å². The third-order valence-corrected chi connectivity index (χ3v) is 3.58. The highest BCUT2D eigenvalue weighted by atomic mass is 16.3. The molecule has 0 radical (unpaired) electrons. The summed E-state index contributed by atoms with van der Waals surface area (Å²) in [6.45, 7) is 0. The first-order valence-electron chi connectivity index (χ1n) is 6.06. The standard InChI is InChI=1S/C12H15N3O2/c16-11-10(8-4-2-1-3-5-8)12(17)15-9(14-11)6-7-13-15/h6-8,17H,1-5H2,(H,14,16). The van der Waals surface area contributed by atoms with Crippen LogP contribution in [0.4, 0.5) is 0 Å². The smallest absolute Gasteiger partial charge is 0.258 e. The average Bonchev–Trinajstić information content (AvgIpc) is 2.78. The van der Waals surface area contributed by atoms with E-state index in [1.165, 1.54) is 10.9 Å². The fourth-order valence-electron chi connectivity index (χ4n) is 2.73. The van der Waals surface area contributed by atoms with Gasteiger partial charge in [-0.05, 0) is 18.8 Å². The van der Waals surface area contributed by atoms with Crippen molar-refractivity contribution < 1.29 is 5.11 Å². The molecule has 2 aromatic rings. The Hall–Kier alpha value is -1.78. The van der Waals surface area contributed by atoms with Crippen LogP contribution in [0, 0.1) is 0 Å². The molecule has 0 atom stereocenters. The van der Waals surface area contributed by atoms with E-state index in [2.05, 4.69) is 10.1 Å². The van der Waals surface area contributed by atoms with Gasteiger partial charge in [-0.3, -0.25) is 4.79 Å². The SMILES string of the molecule is O=c1[nH]c2ccnn2c(O)c1C1CCCCC1. The first-order valence-corrected chi connectivity index (χ1v) is 6.06. The molecule has 17 heavy (non-hydrogen) atoms. The Morgan fingerprint density at radius 3 is 2.88 bits per heavy atom. The van der Waals surface area contributed by atoms with Crippen LogP contribution >= 0.6 is 0 Å². The molecule has 0 unspecified atom stereocenters. The lowest BCUT2D eigenvalue weighted by molar-refractivity contribution is 0.390. The quantitative estimate of drug-likeness (QED) is 0.788. The van der Waals surface area contributed by atoms with Crippen molar-refractivity contribution in [2.45, 2.75) is 38.0 Å². The molecule has 2 N–H and O–H groups in total. The van der Waals surface area contributed by atoms with Crippen molar-refractivity contribution in [3.05, 3.63) is 28.2 Å². The molecule has 3 rings (SSSR count). The largest absolute Gasteiger partial charge is 0.493 e. The number of nitrogens with one attached hydrogen (secondary N) is 1. The molecule has 0 aromatic carbocycles. The Morgan fingerprint density at radius 1 is 1.35 bits per heavy atom. The zero-order valence-electron chi connectivity index (χ0n) is 9.52. The van der Waals surface area contributed by atoms with Crippen LogP contribution in [0.1, 0.15) is 43.6 Å². The minimum absolute atomic E-state index is 0.000602. The molecule has 0 saturated heterocycles. The van der Waals surface area contributed by atoms with Gasteiger partial charge in [0.05, 0.1) is 11.8 Å². The summed E-state index contributed by atoms with van der Waals surface area (Å²) in [5.41, 5.74) is 0.857. The second-order valence-electron chi connectivity index (χ2n) is 4.65. The van der Waals surface area contributed by atoms with E-state index in [9.17, 15) is 9.90 Å². The van der Waals surface area contributed by atoms with Gasteiger partial charge in [-0.2, -0.15) is 9.61 Å². The summed E-state index contributed by atoms with van der Waals surface area (Å²) in [6, 6.07) is 1.67. The monoisotopic (exact) mass is 233 g/mol. The van der Waals surface area contributed by atoms with Gasteiger partial charge in [0.2, 0.25) is 5.88 Å². The van der Waals surface area contributed by atoms with Gasteiger partial charge in [0.15, 0.2) is 0 Å². The van der Waals surface area contributed by atoms with Gasteiger partial charge in [-0.15, -0.1) is 0 Å². The van der Waals surface area contributed by atoms with Crippen molar-refractivity contribution >= 4 is 5.65 Å². The van der Waals surface area contributed by atoms with Gasteiger partial charge in [0, 0.05) is 6.07 Å². The molecule has 90 valence electrons. The molecule has 5 heteroatoms. The number of H-pyrrole nitrogens is 1. The molecule has 0 bridgehead atoms. The minimum Gasteiger partial charge on any atom is -0.493 e. The fourth-order valence-corrected chi connectivity index (χ4v) is 2.73. The maximum atomic E-state index is 12.0. The Morgan fingerprint density at radius 2 is 2.12 bits per heavy atom. The van der Waals surface area contributed by atoms with Crippen LogP contribution in [0.2, 0.25) is 0 Å². The van der Waals surface area contributed by atoms with Crippen molar-refractivity contribution in [3.8, 4) is 5.88 Å². The highest BCUT2D eigenvalue weighted by molar-refractivity contribution is 5.42. The first-order chi connectivity index (χ1) is 8.27. The Kier molecular flexibility index (Phi) is 2.39. The summed E-state index contributed by atoms with van der Waals surface area (Å²) in [6.07, 6.45) is 6.99. The Bertz CT molecular complexity index is 593. The fraction of sp³-hybridized carbons (Fsp3) is 0.500. The molecular formula is C12H15N3O2.